The van der Waals surface area contributed by atoms with Gasteiger partial charge < -0.3 is 25.4 Å². The Morgan fingerprint density at radius 2 is 1.74 bits per heavy atom. The molecular formula is C29H34N6O4. The highest BCUT2D eigenvalue weighted by atomic mass is 16.5. The third-order valence-corrected chi connectivity index (χ3v) is 7.49. The second-order valence-corrected chi connectivity index (χ2v) is 10.2. The molecule has 10 heteroatoms. The lowest BCUT2D eigenvalue weighted by Crippen LogP contribution is -2.46. The maximum absolute atomic E-state index is 12.6. The number of hydrogen-bond acceptors (Lipinski definition) is 8. The average molecular weight is 531 g/mol. The number of alkyl carbamates (subject to hydrolysis) is 1. The van der Waals surface area contributed by atoms with E-state index in [0.717, 1.165) is 30.4 Å². The number of carbonyl (C=O) groups excluding carboxylic acids is 2. The van der Waals surface area contributed by atoms with Crippen LogP contribution in [0.25, 0.3) is 11.4 Å². The largest absolute Gasteiger partial charge is 0.445 e. The van der Waals surface area contributed by atoms with Crippen molar-refractivity contribution in [2.45, 2.75) is 56.4 Å². The minimum atomic E-state index is -0.952. The van der Waals surface area contributed by atoms with Crippen molar-refractivity contribution in [3.05, 3.63) is 78.4 Å². The van der Waals surface area contributed by atoms with Gasteiger partial charge in [-0.25, -0.2) is 14.8 Å². The van der Waals surface area contributed by atoms with Crippen molar-refractivity contribution in [1.29, 1.82) is 0 Å². The number of benzene rings is 1. The van der Waals surface area contributed by atoms with E-state index >= 15 is 0 Å². The molecule has 10 nitrogen and oxygen atoms in total. The van der Waals surface area contributed by atoms with Crippen LogP contribution in [0.2, 0.25) is 0 Å². The highest BCUT2D eigenvalue weighted by Crippen LogP contribution is 2.36. The molecule has 2 amide bonds. The fourth-order valence-corrected chi connectivity index (χ4v) is 5.26. The molecule has 1 aromatic carbocycles. The van der Waals surface area contributed by atoms with Gasteiger partial charge in [-0.15, -0.1) is 0 Å². The molecule has 0 unspecified atom stereocenters. The van der Waals surface area contributed by atoms with Gasteiger partial charge in [-0.05, 0) is 55.9 Å². The molecule has 0 radical (unpaired) electrons. The Bertz CT molecular complexity index is 1230. The lowest BCUT2D eigenvalue weighted by Gasteiger charge is -2.37. The van der Waals surface area contributed by atoms with Gasteiger partial charge in [0.25, 0.3) is 0 Å². The summed E-state index contributed by atoms with van der Waals surface area (Å²) in [5.41, 5.74) is 1.43. The van der Waals surface area contributed by atoms with E-state index in [4.69, 9.17) is 4.74 Å². The highest BCUT2D eigenvalue weighted by molar-refractivity contribution is 5.82. The van der Waals surface area contributed by atoms with E-state index < -0.39 is 11.7 Å². The first-order valence-corrected chi connectivity index (χ1v) is 13.4. The summed E-state index contributed by atoms with van der Waals surface area (Å²) in [6, 6.07) is 15.4. The maximum Gasteiger partial charge on any atom is 0.407 e. The van der Waals surface area contributed by atoms with E-state index in [1.54, 1.807) is 29.6 Å². The van der Waals surface area contributed by atoms with Gasteiger partial charge in [-0.2, -0.15) is 0 Å². The van der Waals surface area contributed by atoms with E-state index in [-0.39, 0.29) is 31.1 Å². The van der Waals surface area contributed by atoms with Gasteiger partial charge in [0, 0.05) is 49.3 Å². The molecular weight excluding hydrogens is 496 g/mol. The van der Waals surface area contributed by atoms with E-state index in [1.807, 2.05) is 42.5 Å². The summed E-state index contributed by atoms with van der Waals surface area (Å²) < 4.78 is 5.17. The predicted molar refractivity (Wildman–Crippen MR) is 144 cm³/mol. The molecule has 3 aromatic rings. The number of aromatic nitrogens is 3. The van der Waals surface area contributed by atoms with E-state index in [2.05, 4.69) is 25.6 Å². The molecule has 5 rings (SSSR count). The fraction of sp³-hybridized carbons (Fsp3) is 0.414. The van der Waals surface area contributed by atoms with Gasteiger partial charge in [-0.1, -0.05) is 30.3 Å². The van der Waals surface area contributed by atoms with Crippen LogP contribution in [0.4, 0.5) is 4.79 Å². The summed E-state index contributed by atoms with van der Waals surface area (Å²) in [6.07, 6.45) is 8.23. The van der Waals surface area contributed by atoms with Crippen molar-refractivity contribution in [3.63, 3.8) is 0 Å². The van der Waals surface area contributed by atoms with E-state index in [9.17, 15) is 14.7 Å². The number of likely N-dealkylation sites (tertiary alicyclic amines) is 1. The fourth-order valence-electron chi connectivity index (χ4n) is 5.26. The van der Waals surface area contributed by atoms with Crippen molar-refractivity contribution in [2.75, 3.05) is 19.6 Å². The number of amides is 2. The second kappa shape index (κ2) is 12.3. The molecule has 0 bridgehead atoms. The zero-order chi connectivity index (χ0) is 27.1. The van der Waals surface area contributed by atoms with Gasteiger partial charge >= 0.3 is 6.09 Å². The van der Waals surface area contributed by atoms with Crippen molar-refractivity contribution in [3.8, 4) is 11.4 Å². The minimum Gasteiger partial charge on any atom is -0.445 e. The third kappa shape index (κ3) is 6.96. The Morgan fingerprint density at radius 3 is 2.46 bits per heavy atom. The maximum atomic E-state index is 12.6. The molecule has 1 saturated heterocycles. The molecule has 1 aliphatic heterocycles. The molecule has 2 aliphatic rings. The monoisotopic (exact) mass is 530 g/mol. The van der Waals surface area contributed by atoms with Crippen LogP contribution in [0.5, 0.6) is 0 Å². The van der Waals surface area contributed by atoms with Gasteiger partial charge in [0.1, 0.15) is 18.8 Å². The Labute approximate surface area is 227 Å². The number of nitrogens with zero attached hydrogens (tertiary/aromatic N) is 4. The highest BCUT2D eigenvalue weighted by Gasteiger charge is 2.37. The molecule has 1 aliphatic carbocycles. The van der Waals surface area contributed by atoms with Crippen molar-refractivity contribution >= 4 is 12.0 Å². The molecule has 3 heterocycles. The zero-order valence-electron chi connectivity index (χ0n) is 21.8. The van der Waals surface area contributed by atoms with Gasteiger partial charge in [0.05, 0.1) is 5.69 Å². The first-order valence-electron chi connectivity index (χ1n) is 13.4. The van der Waals surface area contributed by atoms with E-state index in [1.165, 1.54) is 0 Å². The van der Waals surface area contributed by atoms with Crippen molar-refractivity contribution < 1.29 is 19.4 Å². The van der Waals surface area contributed by atoms with Crippen LogP contribution in [0, 0.1) is 0 Å². The van der Waals surface area contributed by atoms with Gasteiger partial charge in [0.15, 0.2) is 5.82 Å². The average Bonchev–Trinajstić information content (AvgIpc) is 3.46. The molecule has 39 heavy (non-hydrogen) atoms. The van der Waals surface area contributed by atoms with Crippen LogP contribution in [0.15, 0.2) is 67.1 Å². The van der Waals surface area contributed by atoms with Crippen LogP contribution >= 0.6 is 0 Å². The molecule has 1 atom stereocenters. The van der Waals surface area contributed by atoms with E-state index in [0.29, 0.717) is 37.4 Å². The lowest BCUT2D eigenvalue weighted by atomic mass is 9.79. The molecule has 1 saturated carbocycles. The standard InChI is InChI=1S/C29H34N6O4/c36-26(18-33-28(37)39-20-21-5-2-1-3-6-21)35-16-11-24(19-35)34-23-9-12-29(38,13-10-23)25-8-7-22(17-32-25)27-30-14-4-15-31-27/h1-8,14-15,17,23-24,34,38H,9-13,16,18-20H2,(H,33,37)/t23?,24-,29?/m0/s1. The van der Waals surface area contributed by atoms with Gasteiger partial charge in [-0.3, -0.25) is 9.78 Å². The quantitative estimate of drug-likeness (QED) is 0.406. The molecule has 3 N–H and O–H groups in total. The Morgan fingerprint density at radius 1 is 0.974 bits per heavy atom. The first-order chi connectivity index (χ1) is 19.0. The summed E-state index contributed by atoms with van der Waals surface area (Å²) >= 11 is 0. The summed E-state index contributed by atoms with van der Waals surface area (Å²) in [7, 11) is 0. The minimum absolute atomic E-state index is 0.0843. The van der Waals surface area contributed by atoms with Crippen LogP contribution in [-0.4, -0.2) is 68.7 Å². The first kappa shape index (κ1) is 26.7. The Balaban J connectivity index is 1.03. The number of aliphatic hydroxyl groups is 1. The third-order valence-electron chi connectivity index (χ3n) is 7.49. The number of carbonyl (C=O) groups is 2. The number of ether oxygens (including phenoxy) is 1. The summed E-state index contributed by atoms with van der Waals surface area (Å²) in [5, 5.41) is 17.5. The predicted octanol–water partition coefficient (Wildman–Crippen LogP) is 2.79. The smallest absolute Gasteiger partial charge is 0.407 e. The summed E-state index contributed by atoms with van der Waals surface area (Å²) in [6.45, 7) is 1.33. The van der Waals surface area contributed by atoms with Crippen molar-refractivity contribution in [2.24, 2.45) is 0 Å². The normalized spacial score (nSPS) is 22.8. The van der Waals surface area contributed by atoms with Crippen LogP contribution in [-0.2, 0) is 21.7 Å². The van der Waals surface area contributed by atoms with Crippen LogP contribution in [0.3, 0.4) is 0 Å². The molecule has 0 spiro atoms. The topological polar surface area (TPSA) is 130 Å². The van der Waals surface area contributed by atoms with Gasteiger partial charge in [0.2, 0.25) is 5.91 Å². The van der Waals surface area contributed by atoms with Crippen LogP contribution < -0.4 is 10.6 Å². The van der Waals surface area contributed by atoms with Crippen molar-refractivity contribution in [1.82, 2.24) is 30.5 Å². The molecule has 2 fully saturated rings. The summed E-state index contributed by atoms with van der Waals surface area (Å²) in [4.78, 5) is 39.4. The Kier molecular flexibility index (Phi) is 8.43. The second-order valence-electron chi connectivity index (χ2n) is 10.2. The number of rotatable bonds is 8. The molecule has 204 valence electrons. The number of nitrogens with one attached hydrogen (secondary N) is 2. The zero-order valence-corrected chi connectivity index (χ0v) is 21.8. The Hall–Kier alpha value is -3.89. The number of hydrogen-bond donors (Lipinski definition) is 3. The summed E-state index contributed by atoms with van der Waals surface area (Å²) in [5.74, 6) is 0.490. The van der Waals surface area contributed by atoms with Crippen LogP contribution in [0.1, 0.15) is 43.4 Å². The molecule has 2 aromatic heterocycles. The lowest BCUT2D eigenvalue weighted by molar-refractivity contribution is -0.129. The SMILES string of the molecule is O=C(NCC(=O)N1CC[C@H](NC2CCC(O)(c3ccc(-c4ncccn4)cn3)CC2)C1)OCc1ccccc1. The number of pyridine rings is 1.